The molecule has 2 heterocycles. The summed E-state index contributed by atoms with van der Waals surface area (Å²) in [5.74, 6) is -1.61. The lowest BCUT2D eigenvalue weighted by Gasteiger charge is -2.04. The fraction of sp³-hybridized carbons (Fsp3) is 0.0909. The number of hydrogen-bond acceptors (Lipinski definition) is 4. The Kier molecular flexibility index (Phi) is 2.78. The average Bonchev–Trinajstić information content (AvgIpc) is 2.30. The zero-order valence-corrected chi connectivity index (χ0v) is 8.88. The molecule has 0 aromatic carbocycles. The van der Waals surface area contributed by atoms with Crippen LogP contribution in [0.3, 0.4) is 0 Å². The number of rotatable bonds is 2. The molecule has 1 N–H and O–H groups in total. The molecular formula is C11H8FN3O2. The molecular weight excluding hydrogens is 225 g/mol. The predicted octanol–water partition coefficient (Wildman–Crippen LogP) is 1.68. The van der Waals surface area contributed by atoms with Gasteiger partial charge in [0.25, 0.3) is 0 Å². The molecule has 0 unspecified atom stereocenters. The van der Waals surface area contributed by atoms with Crippen LogP contribution in [0.1, 0.15) is 16.2 Å². The van der Waals surface area contributed by atoms with Crippen LogP contribution in [0.15, 0.2) is 24.5 Å². The Morgan fingerprint density at radius 1 is 1.29 bits per heavy atom. The maximum Gasteiger partial charge on any atom is 0.355 e. The van der Waals surface area contributed by atoms with Crippen molar-refractivity contribution in [2.45, 2.75) is 6.92 Å². The molecule has 0 bridgehead atoms. The van der Waals surface area contributed by atoms with Gasteiger partial charge in [-0.15, -0.1) is 0 Å². The van der Waals surface area contributed by atoms with E-state index in [0.717, 1.165) is 12.4 Å². The van der Waals surface area contributed by atoms with Crippen LogP contribution in [0.25, 0.3) is 11.4 Å². The number of carboxylic acid groups (broad SMARTS) is 1. The van der Waals surface area contributed by atoms with E-state index in [-0.39, 0.29) is 17.1 Å². The van der Waals surface area contributed by atoms with E-state index in [1.807, 2.05) is 0 Å². The van der Waals surface area contributed by atoms with Crippen LogP contribution in [0.5, 0.6) is 0 Å². The van der Waals surface area contributed by atoms with Crippen LogP contribution in [-0.2, 0) is 0 Å². The Balaban J connectivity index is 2.58. The van der Waals surface area contributed by atoms with Gasteiger partial charge in [0.15, 0.2) is 17.3 Å². The molecule has 0 saturated carbocycles. The van der Waals surface area contributed by atoms with E-state index in [9.17, 15) is 9.18 Å². The molecule has 2 rings (SSSR count). The van der Waals surface area contributed by atoms with Crippen LogP contribution >= 0.6 is 0 Å². The van der Waals surface area contributed by atoms with Crippen molar-refractivity contribution in [2.24, 2.45) is 0 Å². The van der Waals surface area contributed by atoms with Crippen molar-refractivity contribution in [3.8, 4) is 11.4 Å². The minimum absolute atomic E-state index is 0.135. The van der Waals surface area contributed by atoms with Gasteiger partial charge in [-0.05, 0) is 19.1 Å². The van der Waals surface area contributed by atoms with Crippen molar-refractivity contribution in [2.75, 3.05) is 0 Å². The van der Waals surface area contributed by atoms with E-state index in [0.29, 0.717) is 5.69 Å². The van der Waals surface area contributed by atoms with E-state index in [1.54, 1.807) is 19.1 Å². The number of carboxylic acids is 1. The van der Waals surface area contributed by atoms with Crippen LogP contribution in [0, 0.1) is 12.7 Å². The van der Waals surface area contributed by atoms with Crippen LogP contribution < -0.4 is 0 Å². The monoisotopic (exact) mass is 233 g/mol. The van der Waals surface area contributed by atoms with Crippen LogP contribution in [0.4, 0.5) is 4.39 Å². The van der Waals surface area contributed by atoms with Gasteiger partial charge in [-0.2, -0.15) is 0 Å². The molecule has 0 spiro atoms. The third-order valence-electron chi connectivity index (χ3n) is 2.10. The topological polar surface area (TPSA) is 76.0 Å². The van der Waals surface area contributed by atoms with E-state index >= 15 is 0 Å². The van der Waals surface area contributed by atoms with Gasteiger partial charge in [-0.25, -0.2) is 24.1 Å². The van der Waals surface area contributed by atoms with Gasteiger partial charge >= 0.3 is 5.97 Å². The van der Waals surface area contributed by atoms with E-state index < -0.39 is 11.8 Å². The molecule has 0 aliphatic rings. The van der Waals surface area contributed by atoms with Gasteiger partial charge in [-0.1, -0.05) is 0 Å². The normalized spacial score (nSPS) is 10.2. The Bertz CT molecular complexity index is 569. The summed E-state index contributed by atoms with van der Waals surface area (Å²) in [4.78, 5) is 22.4. The first-order chi connectivity index (χ1) is 8.08. The smallest absolute Gasteiger partial charge is 0.355 e. The first kappa shape index (κ1) is 11.1. The SMILES string of the molecule is Cc1ccc(-c2ncc(F)cn2)c(C(=O)O)n1. The third kappa shape index (κ3) is 2.25. The fourth-order valence-corrected chi connectivity index (χ4v) is 1.35. The summed E-state index contributed by atoms with van der Waals surface area (Å²) < 4.78 is 12.7. The number of hydrogen-bond donors (Lipinski definition) is 1. The Morgan fingerprint density at radius 2 is 1.94 bits per heavy atom. The van der Waals surface area contributed by atoms with Gasteiger partial charge in [0.1, 0.15) is 0 Å². The lowest BCUT2D eigenvalue weighted by Crippen LogP contribution is -2.05. The van der Waals surface area contributed by atoms with Crippen LogP contribution in [-0.4, -0.2) is 26.0 Å². The van der Waals surface area contributed by atoms with Gasteiger partial charge < -0.3 is 5.11 Å². The van der Waals surface area contributed by atoms with Crippen molar-refractivity contribution < 1.29 is 14.3 Å². The number of pyridine rings is 1. The van der Waals surface area contributed by atoms with Crippen molar-refractivity contribution in [3.05, 3.63) is 41.7 Å². The number of aromatic nitrogens is 3. The fourth-order valence-electron chi connectivity index (χ4n) is 1.35. The molecule has 0 saturated heterocycles. The lowest BCUT2D eigenvalue weighted by atomic mass is 10.1. The zero-order valence-electron chi connectivity index (χ0n) is 8.88. The molecule has 0 atom stereocenters. The van der Waals surface area contributed by atoms with Gasteiger partial charge in [0, 0.05) is 5.69 Å². The Morgan fingerprint density at radius 3 is 2.53 bits per heavy atom. The zero-order chi connectivity index (χ0) is 12.4. The quantitative estimate of drug-likeness (QED) is 0.854. The molecule has 17 heavy (non-hydrogen) atoms. The summed E-state index contributed by atoms with van der Waals surface area (Å²) in [6.45, 7) is 1.68. The maximum absolute atomic E-state index is 12.7. The second-order valence-electron chi connectivity index (χ2n) is 3.38. The van der Waals surface area contributed by atoms with E-state index in [2.05, 4.69) is 15.0 Å². The Hall–Kier alpha value is -2.37. The largest absolute Gasteiger partial charge is 0.476 e. The first-order valence-electron chi connectivity index (χ1n) is 4.77. The van der Waals surface area contributed by atoms with Crippen molar-refractivity contribution in [1.82, 2.24) is 15.0 Å². The van der Waals surface area contributed by atoms with Crippen LogP contribution in [0.2, 0.25) is 0 Å². The van der Waals surface area contributed by atoms with Crippen molar-refractivity contribution in [1.29, 1.82) is 0 Å². The van der Waals surface area contributed by atoms with Gasteiger partial charge in [-0.3, -0.25) is 0 Å². The highest BCUT2D eigenvalue weighted by Crippen LogP contribution is 2.18. The molecule has 0 amide bonds. The Labute approximate surface area is 96.0 Å². The number of aromatic carboxylic acids is 1. The number of nitrogens with zero attached hydrogens (tertiary/aromatic N) is 3. The second-order valence-corrected chi connectivity index (χ2v) is 3.38. The summed E-state index contributed by atoms with van der Waals surface area (Å²) in [6, 6.07) is 3.20. The molecule has 5 nitrogen and oxygen atoms in total. The minimum atomic E-state index is -1.17. The standard InChI is InChI=1S/C11H8FN3O2/c1-6-2-3-8(9(15-6)11(16)17)10-13-4-7(12)5-14-10/h2-5H,1H3,(H,16,17). The molecule has 2 aromatic heterocycles. The van der Waals surface area contributed by atoms with Crippen molar-refractivity contribution >= 4 is 5.97 Å². The molecule has 6 heteroatoms. The predicted molar refractivity (Wildman–Crippen MR) is 56.9 cm³/mol. The highest BCUT2D eigenvalue weighted by molar-refractivity contribution is 5.92. The average molecular weight is 233 g/mol. The number of carbonyl (C=O) groups is 1. The lowest BCUT2D eigenvalue weighted by molar-refractivity contribution is 0.0691. The van der Waals surface area contributed by atoms with Crippen molar-refractivity contribution in [3.63, 3.8) is 0 Å². The molecule has 2 aromatic rings. The highest BCUT2D eigenvalue weighted by Gasteiger charge is 2.15. The summed E-state index contributed by atoms with van der Waals surface area (Å²) in [5.41, 5.74) is 0.702. The van der Waals surface area contributed by atoms with E-state index in [4.69, 9.17) is 5.11 Å². The summed E-state index contributed by atoms with van der Waals surface area (Å²) in [6.07, 6.45) is 1.96. The second kappa shape index (κ2) is 4.25. The van der Waals surface area contributed by atoms with Gasteiger partial charge in [0.05, 0.1) is 18.0 Å². The molecule has 0 radical (unpaired) electrons. The first-order valence-corrected chi connectivity index (χ1v) is 4.77. The molecule has 86 valence electrons. The molecule has 0 aliphatic carbocycles. The number of aryl methyl sites for hydroxylation is 1. The summed E-state index contributed by atoms with van der Waals surface area (Å²) in [7, 11) is 0. The molecule has 0 fully saturated rings. The minimum Gasteiger partial charge on any atom is -0.476 e. The maximum atomic E-state index is 12.7. The van der Waals surface area contributed by atoms with Gasteiger partial charge in [0.2, 0.25) is 0 Å². The third-order valence-corrected chi connectivity index (χ3v) is 2.10. The summed E-state index contributed by atoms with van der Waals surface area (Å²) in [5, 5.41) is 9.01. The van der Waals surface area contributed by atoms with E-state index in [1.165, 1.54) is 0 Å². The molecule has 0 aliphatic heterocycles. The summed E-state index contributed by atoms with van der Waals surface area (Å²) >= 11 is 0. The number of halogens is 1. The highest BCUT2D eigenvalue weighted by atomic mass is 19.1.